The topological polar surface area (TPSA) is 50.7 Å². The molecule has 2 aromatic rings. The summed E-state index contributed by atoms with van der Waals surface area (Å²) in [4.78, 5) is 12.5. The Morgan fingerprint density at radius 2 is 2.35 bits per heavy atom. The number of carbonyl (C=O) groups is 1. The van der Waals surface area contributed by atoms with Crippen LogP contribution in [0.5, 0.6) is 5.75 Å². The largest absolute Gasteiger partial charge is 0.482 e. The quantitative estimate of drug-likeness (QED) is 0.642. The third-order valence-corrected chi connectivity index (χ3v) is 3.77. The fraction of sp³-hybridized carbons (Fsp3) is 0.0769. The molecule has 104 valence electrons. The van der Waals surface area contributed by atoms with Gasteiger partial charge in [-0.15, -0.1) is 11.3 Å². The van der Waals surface area contributed by atoms with Gasteiger partial charge in [0.05, 0.1) is 11.2 Å². The molecule has 1 N–H and O–H groups in total. The van der Waals surface area contributed by atoms with Gasteiger partial charge in [0.25, 0.3) is 5.91 Å². The van der Waals surface area contributed by atoms with Gasteiger partial charge in [-0.05, 0) is 29.6 Å². The van der Waals surface area contributed by atoms with Crippen LogP contribution in [-0.4, -0.2) is 18.7 Å². The van der Waals surface area contributed by atoms with Crippen molar-refractivity contribution in [2.75, 3.05) is 6.61 Å². The van der Waals surface area contributed by atoms with E-state index in [-0.39, 0.29) is 12.5 Å². The molecule has 0 spiro atoms. The molecule has 0 saturated heterocycles. The fourth-order valence-corrected chi connectivity index (χ4v) is 2.61. The van der Waals surface area contributed by atoms with Crippen LogP contribution in [0.15, 0.2) is 45.3 Å². The Morgan fingerprint density at radius 3 is 3.05 bits per heavy atom. The highest BCUT2D eigenvalue weighted by Gasteiger charge is 2.05. The first-order valence-electron chi connectivity index (χ1n) is 5.58. The standard InChI is InChI=1S/C13H10BrClN2O2S/c14-9-3-4-12(11(15)6-9)19-8-13(18)17-16-7-10-2-1-5-20-10/h1-7H,8H2,(H,17,18)/b16-7+. The molecule has 0 unspecified atom stereocenters. The minimum atomic E-state index is -0.350. The van der Waals surface area contributed by atoms with Crippen molar-refractivity contribution in [1.82, 2.24) is 5.43 Å². The van der Waals surface area contributed by atoms with E-state index in [0.717, 1.165) is 9.35 Å². The highest BCUT2D eigenvalue weighted by Crippen LogP contribution is 2.27. The van der Waals surface area contributed by atoms with Gasteiger partial charge >= 0.3 is 0 Å². The zero-order chi connectivity index (χ0) is 14.4. The van der Waals surface area contributed by atoms with Crippen LogP contribution in [0.4, 0.5) is 0 Å². The highest BCUT2D eigenvalue weighted by atomic mass is 79.9. The number of nitrogens with zero attached hydrogens (tertiary/aromatic N) is 1. The number of amides is 1. The molecule has 0 atom stereocenters. The number of halogens is 2. The molecule has 2 rings (SSSR count). The van der Waals surface area contributed by atoms with Crippen molar-refractivity contribution in [3.63, 3.8) is 0 Å². The van der Waals surface area contributed by atoms with E-state index in [1.54, 1.807) is 24.4 Å². The summed E-state index contributed by atoms with van der Waals surface area (Å²) in [6.07, 6.45) is 1.58. The summed E-state index contributed by atoms with van der Waals surface area (Å²) in [5, 5.41) is 6.20. The first-order valence-corrected chi connectivity index (χ1v) is 7.63. The average Bonchev–Trinajstić information content (AvgIpc) is 2.91. The van der Waals surface area contributed by atoms with Crippen molar-refractivity contribution in [3.05, 3.63) is 50.1 Å². The number of hydrogen-bond donors (Lipinski definition) is 1. The fourth-order valence-electron chi connectivity index (χ4n) is 1.30. The van der Waals surface area contributed by atoms with Crippen molar-refractivity contribution in [2.45, 2.75) is 0 Å². The van der Waals surface area contributed by atoms with E-state index in [2.05, 4.69) is 26.5 Å². The molecule has 1 aromatic carbocycles. The molecule has 4 nitrogen and oxygen atoms in total. The van der Waals surface area contributed by atoms with Crippen LogP contribution in [-0.2, 0) is 4.79 Å². The molecule has 0 fully saturated rings. The predicted octanol–water partition coefficient (Wildman–Crippen LogP) is 3.69. The maximum absolute atomic E-state index is 11.5. The number of thiophene rings is 1. The second kappa shape index (κ2) is 7.42. The van der Waals surface area contributed by atoms with Crippen molar-refractivity contribution in [1.29, 1.82) is 0 Å². The van der Waals surface area contributed by atoms with Crippen LogP contribution in [0.2, 0.25) is 5.02 Å². The van der Waals surface area contributed by atoms with E-state index < -0.39 is 0 Å². The number of hydrogen-bond acceptors (Lipinski definition) is 4. The summed E-state index contributed by atoms with van der Waals surface area (Å²) in [6, 6.07) is 8.98. The van der Waals surface area contributed by atoms with Gasteiger partial charge in [0.1, 0.15) is 5.75 Å². The van der Waals surface area contributed by atoms with E-state index in [1.807, 2.05) is 17.5 Å². The lowest BCUT2D eigenvalue weighted by Crippen LogP contribution is -2.24. The summed E-state index contributed by atoms with van der Waals surface area (Å²) < 4.78 is 6.15. The molecule has 0 radical (unpaired) electrons. The number of nitrogens with one attached hydrogen (secondary N) is 1. The van der Waals surface area contributed by atoms with Gasteiger partial charge in [-0.3, -0.25) is 4.79 Å². The molecule has 7 heteroatoms. The number of rotatable bonds is 5. The normalized spacial score (nSPS) is 10.7. The van der Waals surface area contributed by atoms with Gasteiger partial charge in [-0.1, -0.05) is 33.6 Å². The molecule has 1 heterocycles. The number of hydrazone groups is 1. The Hall–Kier alpha value is -1.37. The predicted molar refractivity (Wildman–Crippen MR) is 84.7 cm³/mol. The smallest absolute Gasteiger partial charge is 0.277 e. The molecular formula is C13H10BrClN2O2S. The van der Waals surface area contributed by atoms with E-state index in [9.17, 15) is 4.79 Å². The minimum Gasteiger partial charge on any atom is -0.482 e. The van der Waals surface area contributed by atoms with Gasteiger partial charge in [0, 0.05) is 9.35 Å². The van der Waals surface area contributed by atoms with Crippen LogP contribution in [0.1, 0.15) is 4.88 Å². The summed E-state index contributed by atoms with van der Waals surface area (Å²) in [6.45, 7) is -0.150. The molecule has 0 saturated carbocycles. The van der Waals surface area contributed by atoms with Crippen LogP contribution >= 0.6 is 38.9 Å². The molecule has 1 amide bonds. The SMILES string of the molecule is O=C(COc1ccc(Br)cc1Cl)N/N=C/c1cccs1. The zero-order valence-electron chi connectivity index (χ0n) is 10.2. The lowest BCUT2D eigenvalue weighted by atomic mass is 10.3. The van der Waals surface area contributed by atoms with Gasteiger partial charge in [-0.2, -0.15) is 5.10 Å². The Kier molecular flexibility index (Phi) is 5.58. The summed E-state index contributed by atoms with van der Waals surface area (Å²) >= 11 is 10.8. The maximum atomic E-state index is 11.5. The monoisotopic (exact) mass is 372 g/mol. The van der Waals surface area contributed by atoms with E-state index in [4.69, 9.17) is 16.3 Å². The summed E-state index contributed by atoms with van der Waals surface area (Å²) in [7, 11) is 0. The number of benzene rings is 1. The Bertz CT molecular complexity index is 617. The number of ether oxygens (including phenoxy) is 1. The summed E-state index contributed by atoms with van der Waals surface area (Å²) in [5.41, 5.74) is 2.38. The molecule has 20 heavy (non-hydrogen) atoms. The first kappa shape index (κ1) is 15.0. The van der Waals surface area contributed by atoms with Gasteiger partial charge in [0.2, 0.25) is 0 Å². The average molecular weight is 374 g/mol. The van der Waals surface area contributed by atoms with Crippen molar-refractivity contribution >= 4 is 51.0 Å². The van der Waals surface area contributed by atoms with Crippen molar-refractivity contribution in [2.24, 2.45) is 5.10 Å². The van der Waals surface area contributed by atoms with E-state index in [1.165, 1.54) is 11.3 Å². The second-order valence-electron chi connectivity index (χ2n) is 3.67. The third-order valence-electron chi connectivity index (χ3n) is 2.18. The molecule has 0 aliphatic carbocycles. The lowest BCUT2D eigenvalue weighted by molar-refractivity contribution is -0.123. The zero-order valence-corrected chi connectivity index (χ0v) is 13.3. The molecule has 1 aromatic heterocycles. The van der Waals surface area contributed by atoms with Crippen LogP contribution in [0.25, 0.3) is 0 Å². The third kappa shape index (κ3) is 4.63. The minimum absolute atomic E-state index is 0.150. The Labute approximate surface area is 133 Å². The number of carbonyl (C=O) groups excluding carboxylic acids is 1. The molecular weight excluding hydrogens is 364 g/mol. The van der Waals surface area contributed by atoms with Crippen LogP contribution in [0, 0.1) is 0 Å². The lowest BCUT2D eigenvalue weighted by Gasteiger charge is -2.06. The van der Waals surface area contributed by atoms with Gasteiger partial charge in [0.15, 0.2) is 6.61 Å². The Balaban J connectivity index is 1.80. The molecule has 0 bridgehead atoms. The Morgan fingerprint density at radius 1 is 1.50 bits per heavy atom. The highest BCUT2D eigenvalue weighted by molar-refractivity contribution is 9.10. The first-order chi connectivity index (χ1) is 9.65. The van der Waals surface area contributed by atoms with E-state index in [0.29, 0.717) is 10.8 Å². The molecule has 0 aliphatic rings. The van der Waals surface area contributed by atoms with Crippen LogP contribution < -0.4 is 10.2 Å². The van der Waals surface area contributed by atoms with E-state index >= 15 is 0 Å². The van der Waals surface area contributed by atoms with Gasteiger partial charge < -0.3 is 4.74 Å². The molecule has 0 aliphatic heterocycles. The maximum Gasteiger partial charge on any atom is 0.277 e. The van der Waals surface area contributed by atoms with Crippen molar-refractivity contribution in [3.8, 4) is 5.75 Å². The van der Waals surface area contributed by atoms with Gasteiger partial charge in [-0.25, -0.2) is 5.43 Å². The second-order valence-corrected chi connectivity index (χ2v) is 5.97. The van der Waals surface area contributed by atoms with Crippen LogP contribution in [0.3, 0.4) is 0 Å². The summed E-state index contributed by atoms with van der Waals surface area (Å²) in [5.74, 6) is 0.101. The van der Waals surface area contributed by atoms with Crippen molar-refractivity contribution < 1.29 is 9.53 Å².